The Bertz CT molecular complexity index is 567. The van der Waals surface area contributed by atoms with Gasteiger partial charge in [0.25, 0.3) is 5.91 Å². The first-order chi connectivity index (χ1) is 9.86. The largest absolute Gasteiger partial charge is 0.480 e. The predicted octanol–water partition coefficient (Wildman–Crippen LogP) is 0.361. The molecule has 1 aliphatic heterocycles. The number of hydrogen-bond acceptors (Lipinski definition) is 4. The third-order valence-corrected chi connectivity index (χ3v) is 4.12. The summed E-state index contributed by atoms with van der Waals surface area (Å²) in [6.07, 6.45) is 0. The van der Waals surface area contributed by atoms with Crippen molar-refractivity contribution >= 4 is 11.9 Å². The van der Waals surface area contributed by atoms with E-state index in [1.807, 2.05) is 20.8 Å². The Hall–Kier alpha value is -1.89. The minimum atomic E-state index is -0.896. The van der Waals surface area contributed by atoms with Crippen LogP contribution >= 0.6 is 0 Å². The van der Waals surface area contributed by atoms with Crippen molar-refractivity contribution in [2.45, 2.75) is 33.4 Å². The molecule has 7 nitrogen and oxygen atoms in total. The average Bonchev–Trinajstić information content (AvgIpc) is 2.72. The molecular formula is C14H22N4O3. The highest BCUT2D eigenvalue weighted by Gasteiger charge is 2.34. The average molecular weight is 294 g/mol. The number of hydrogen-bond donors (Lipinski definition) is 1. The summed E-state index contributed by atoms with van der Waals surface area (Å²) >= 11 is 0. The van der Waals surface area contributed by atoms with Gasteiger partial charge in [0.2, 0.25) is 0 Å². The number of carboxylic acids is 1. The number of carbonyl (C=O) groups is 2. The van der Waals surface area contributed by atoms with Crippen LogP contribution in [-0.2, 0) is 11.3 Å². The van der Waals surface area contributed by atoms with Gasteiger partial charge in [-0.15, -0.1) is 0 Å². The number of rotatable bonds is 3. The van der Waals surface area contributed by atoms with Crippen molar-refractivity contribution in [2.24, 2.45) is 0 Å². The number of aromatic nitrogens is 2. The van der Waals surface area contributed by atoms with Crippen molar-refractivity contribution in [3.8, 4) is 0 Å². The highest BCUT2D eigenvalue weighted by Crippen LogP contribution is 2.18. The minimum absolute atomic E-state index is 0.121. The molecule has 0 saturated carbocycles. The maximum Gasteiger partial charge on any atom is 0.322 e. The quantitative estimate of drug-likeness (QED) is 0.871. The van der Waals surface area contributed by atoms with Gasteiger partial charge in [0.1, 0.15) is 6.04 Å². The second kappa shape index (κ2) is 5.85. The lowest BCUT2D eigenvalue weighted by molar-refractivity contribution is -0.144. The zero-order valence-electron chi connectivity index (χ0n) is 13.0. The molecule has 1 fully saturated rings. The Kier molecular flexibility index (Phi) is 4.32. The fourth-order valence-electron chi connectivity index (χ4n) is 2.80. The van der Waals surface area contributed by atoms with E-state index < -0.39 is 12.0 Å². The first-order valence-electron chi connectivity index (χ1n) is 7.13. The second-order valence-corrected chi connectivity index (χ2v) is 5.45. The molecule has 1 atom stereocenters. The molecule has 1 aromatic heterocycles. The van der Waals surface area contributed by atoms with Gasteiger partial charge in [-0.1, -0.05) is 0 Å². The Morgan fingerprint density at radius 3 is 2.52 bits per heavy atom. The van der Waals surface area contributed by atoms with E-state index in [1.54, 1.807) is 21.5 Å². The van der Waals surface area contributed by atoms with Gasteiger partial charge in [0, 0.05) is 31.9 Å². The number of carbonyl (C=O) groups excluding carboxylic acids is 1. The molecule has 0 radical (unpaired) electrons. The summed E-state index contributed by atoms with van der Waals surface area (Å²) in [6, 6.07) is -0.649. The van der Waals surface area contributed by atoms with E-state index in [4.69, 9.17) is 0 Å². The summed E-state index contributed by atoms with van der Waals surface area (Å²) in [7, 11) is 1.77. The molecule has 1 aromatic rings. The van der Waals surface area contributed by atoms with Crippen molar-refractivity contribution < 1.29 is 14.7 Å². The van der Waals surface area contributed by atoms with Crippen molar-refractivity contribution in [3.63, 3.8) is 0 Å². The summed E-state index contributed by atoms with van der Waals surface area (Å²) < 4.78 is 1.80. The van der Waals surface area contributed by atoms with Crippen molar-refractivity contribution in [1.29, 1.82) is 0 Å². The van der Waals surface area contributed by atoms with Crippen molar-refractivity contribution in [3.05, 3.63) is 17.0 Å². The van der Waals surface area contributed by atoms with Gasteiger partial charge >= 0.3 is 5.97 Å². The van der Waals surface area contributed by atoms with Crippen LogP contribution in [0, 0.1) is 13.8 Å². The molecule has 1 N–H and O–H groups in total. The maximum atomic E-state index is 12.7. The molecule has 1 saturated heterocycles. The van der Waals surface area contributed by atoms with Crippen LogP contribution in [0.2, 0.25) is 0 Å². The van der Waals surface area contributed by atoms with Gasteiger partial charge in [-0.3, -0.25) is 19.2 Å². The highest BCUT2D eigenvalue weighted by atomic mass is 16.4. The molecule has 0 bridgehead atoms. The number of likely N-dealkylation sites (N-methyl/N-ethyl adjacent to an activating group) is 1. The van der Waals surface area contributed by atoms with E-state index in [1.165, 1.54) is 0 Å². The van der Waals surface area contributed by atoms with Crippen LogP contribution in [0.15, 0.2) is 0 Å². The Morgan fingerprint density at radius 1 is 1.33 bits per heavy atom. The van der Waals surface area contributed by atoms with E-state index >= 15 is 0 Å². The lowest BCUT2D eigenvalue weighted by Crippen LogP contribution is -2.56. The molecule has 7 heteroatoms. The van der Waals surface area contributed by atoms with Gasteiger partial charge in [0.05, 0.1) is 11.3 Å². The zero-order chi connectivity index (χ0) is 15.7. The zero-order valence-corrected chi connectivity index (χ0v) is 13.0. The predicted molar refractivity (Wildman–Crippen MR) is 77.3 cm³/mol. The van der Waals surface area contributed by atoms with Gasteiger partial charge in [-0.2, -0.15) is 5.10 Å². The summed E-state index contributed by atoms with van der Waals surface area (Å²) in [6.45, 7) is 7.68. The molecular weight excluding hydrogens is 272 g/mol. The number of nitrogens with zero attached hydrogens (tertiary/aromatic N) is 4. The first kappa shape index (κ1) is 15.5. The SMILES string of the molecule is CCn1nc(C)c(C(=O)N2CCN(C)[C@H](C(=O)O)C2)c1C. The summed E-state index contributed by atoms with van der Waals surface area (Å²) in [5.74, 6) is -1.02. The number of aliphatic carboxylic acids is 1. The van der Waals surface area contributed by atoms with Crippen LogP contribution in [-0.4, -0.2) is 69.3 Å². The lowest BCUT2D eigenvalue weighted by Gasteiger charge is -2.37. The normalized spacial score (nSPS) is 19.8. The maximum absolute atomic E-state index is 12.7. The number of piperazine rings is 1. The summed E-state index contributed by atoms with van der Waals surface area (Å²) in [4.78, 5) is 27.4. The molecule has 0 aliphatic carbocycles. The summed E-state index contributed by atoms with van der Waals surface area (Å²) in [5.41, 5.74) is 2.14. The molecule has 2 heterocycles. The first-order valence-corrected chi connectivity index (χ1v) is 7.13. The van der Waals surface area contributed by atoms with Crippen LogP contribution < -0.4 is 0 Å². The van der Waals surface area contributed by atoms with Crippen LogP contribution in [0.4, 0.5) is 0 Å². The molecule has 1 amide bonds. The fraction of sp³-hybridized carbons (Fsp3) is 0.643. The van der Waals surface area contributed by atoms with Crippen LogP contribution in [0.3, 0.4) is 0 Å². The van der Waals surface area contributed by atoms with Gasteiger partial charge in [-0.05, 0) is 27.8 Å². The minimum Gasteiger partial charge on any atom is -0.480 e. The second-order valence-electron chi connectivity index (χ2n) is 5.45. The molecule has 2 rings (SSSR count). The monoisotopic (exact) mass is 294 g/mol. The van der Waals surface area contributed by atoms with Crippen LogP contribution in [0.5, 0.6) is 0 Å². The molecule has 21 heavy (non-hydrogen) atoms. The van der Waals surface area contributed by atoms with Crippen molar-refractivity contribution in [2.75, 3.05) is 26.7 Å². The smallest absolute Gasteiger partial charge is 0.322 e. The summed E-state index contributed by atoms with van der Waals surface area (Å²) in [5, 5.41) is 13.6. The molecule has 0 aromatic carbocycles. The van der Waals surface area contributed by atoms with E-state index in [-0.39, 0.29) is 12.5 Å². The van der Waals surface area contributed by atoms with Crippen LogP contribution in [0.25, 0.3) is 0 Å². The van der Waals surface area contributed by atoms with Crippen molar-refractivity contribution in [1.82, 2.24) is 19.6 Å². The third kappa shape index (κ3) is 2.78. The van der Waals surface area contributed by atoms with E-state index in [0.717, 1.165) is 5.69 Å². The Balaban J connectivity index is 2.24. The number of aryl methyl sites for hydroxylation is 2. The molecule has 0 unspecified atom stereocenters. The van der Waals surface area contributed by atoms with E-state index in [9.17, 15) is 14.7 Å². The van der Waals surface area contributed by atoms with Gasteiger partial charge in [-0.25, -0.2) is 0 Å². The van der Waals surface area contributed by atoms with Gasteiger partial charge < -0.3 is 10.0 Å². The third-order valence-electron chi connectivity index (χ3n) is 4.12. The van der Waals surface area contributed by atoms with Gasteiger partial charge in [0.15, 0.2) is 0 Å². The van der Waals surface area contributed by atoms with E-state index in [2.05, 4.69) is 5.10 Å². The van der Waals surface area contributed by atoms with E-state index in [0.29, 0.717) is 30.9 Å². The number of carboxylic acid groups (broad SMARTS) is 1. The highest BCUT2D eigenvalue weighted by molar-refractivity contribution is 5.96. The Labute approximate surface area is 124 Å². The molecule has 0 spiro atoms. The fourth-order valence-corrected chi connectivity index (χ4v) is 2.80. The molecule has 116 valence electrons. The molecule has 1 aliphatic rings. The number of amides is 1. The Morgan fingerprint density at radius 2 is 2.00 bits per heavy atom. The van der Waals surface area contributed by atoms with Crippen LogP contribution in [0.1, 0.15) is 28.7 Å². The topological polar surface area (TPSA) is 78.7 Å². The lowest BCUT2D eigenvalue weighted by atomic mass is 10.1. The standard InChI is InChI=1S/C14H22N4O3/c1-5-18-10(3)12(9(2)15-18)13(19)17-7-6-16(4)11(8-17)14(20)21/h11H,5-8H2,1-4H3,(H,20,21)/t11-/m0/s1.